The molecule has 0 amide bonds. The summed E-state index contributed by atoms with van der Waals surface area (Å²) in [5, 5.41) is 0. The van der Waals surface area contributed by atoms with Gasteiger partial charge in [-0.1, -0.05) is 11.6 Å². The molecule has 0 heterocycles. The van der Waals surface area contributed by atoms with Gasteiger partial charge in [-0.3, -0.25) is 0 Å². The van der Waals surface area contributed by atoms with Crippen molar-refractivity contribution in [3.63, 3.8) is 0 Å². The molecule has 86 valence electrons. The van der Waals surface area contributed by atoms with Crippen molar-refractivity contribution < 1.29 is 17.9 Å². The van der Waals surface area contributed by atoms with Crippen molar-refractivity contribution in [2.24, 2.45) is 5.73 Å². The Morgan fingerprint density at radius 2 is 2.07 bits per heavy atom. The Balaban J connectivity index is 0. The van der Waals surface area contributed by atoms with E-state index in [0.29, 0.717) is 0 Å². The van der Waals surface area contributed by atoms with Crippen LogP contribution in [0, 0.1) is 0 Å². The van der Waals surface area contributed by atoms with Crippen LogP contribution in [0.15, 0.2) is 0 Å². The molecule has 0 radical (unpaired) electrons. The molecule has 0 aliphatic rings. The standard InChI is InChI=1S/C6H12ClNO4S.ClH/c1-5(8)12-2-3-13(10,11)6(7)4-9;/h4-6H,2-3,8H2,1H3;1H. The smallest absolute Gasteiger partial charge is 0.190 e. The maximum absolute atomic E-state index is 11.1. The molecule has 0 saturated heterocycles. The molecule has 0 aliphatic carbocycles. The Labute approximate surface area is 94.3 Å². The number of rotatable bonds is 6. The summed E-state index contributed by atoms with van der Waals surface area (Å²) < 4.78 is 25.4. The summed E-state index contributed by atoms with van der Waals surface area (Å²) in [6.07, 6.45) is -0.358. The highest BCUT2D eigenvalue weighted by molar-refractivity contribution is 7.93. The van der Waals surface area contributed by atoms with Gasteiger partial charge < -0.3 is 15.3 Å². The molecular formula is C6H13Cl2NO4S. The van der Waals surface area contributed by atoms with Crippen LogP contribution in [0.1, 0.15) is 6.92 Å². The molecule has 0 aliphatic heterocycles. The lowest BCUT2D eigenvalue weighted by Crippen LogP contribution is -2.27. The molecule has 0 bridgehead atoms. The molecule has 0 aromatic heterocycles. The number of nitrogens with two attached hydrogens (primary N) is 1. The van der Waals surface area contributed by atoms with Crippen molar-refractivity contribution in [1.29, 1.82) is 0 Å². The molecule has 5 nitrogen and oxygen atoms in total. The summed E-state index contributed by atoms with van der Waals surface area (Å²) in [6, 6.07) is 0. The van der Waals surface area contributed by atoms with Crippen LogP contribution in [0.5, 0.6) is 0 Å². The zero-order chi connectivity index (χ0) is 10.5. The molecule has 2 atom stereocenters. The Hall–Kier alpha value is 0.120. The van der Waals surface area contributed by atoms with E-state index in [9.17, 15) is 13.2 Å². The van der Waals surface area contributed by atoms with E-state index in [1.807, 2.05) is 0 Å². The van der Waals surface area contributed by atoms with Gasteiger partial charge in [0.2, 0.25) is 0 Å². The Morgan fingerprint density at radius 1 is 1.57 bits per heavy atom. The first-order valence-corrected chi connectivity index (χ1v) is 5.73. The predicted octanol–water partition coefficient (Wildman–Crippen LogP) is -0.0919. The minimum Gasteiger partial charge on any atom is -0.363 e. The average molecular weight is 266 g/mol. The topological polar surface area (TPSA) is 86.5 Å². The van der Waals surface area contributed by atoms with Crippen LogP contribution in [-0.2, 0) is 19.4 Å². The third-order valence-electron chi connectivity index (χ3n) is 1.20. The number of carbonyl (C=O) groups excluding carboxylic acids is 1. The molecule has 2 unspecified atom stereocenters. The fourth-order valence-electron chi connectivity index (χ4n) is 0.547. The lowest BCUT2D eigenvalue weighted by Gasteiger charge is -2.08. The Morgan fingerprint density at radius 3 is 2.43 bits per heavy atom. The Bertz CT molecular complexity index is 255. The van der Waals surface area contributed by atoms with Crippen molar-refractivity contribution in [3.8, 4) is 0 Å². The molecule has 0 aromatic carbocycles. The van der Waals surface area contributed by atoms with E-state index in [0.717, 1.165) is 0 Å². The lowest BCUT2D eigenvalue weighted by molar-refractivity contribution is -0.106. The second-order valence-corrected chi connectivity index (χ2v) is 5.40. The van der Waals surface area contributed by atoms with Gasteiger partial charge in [-0.05, 0) is 6.92 Å². The van der Waals surface area contributed by atoms with E-state index in [1.54, 1.807) is 6.92 Å². The highest BCUT2D eigenvalue weighted by Crippen LogP contribution is 2.04. The fraction of sp³-hybridized carbons (Fsp3) is 0.833. The van der Waals surface area contributed by atoms with Crippen LogP contribution in [0.3, 0.4) is 0 Å². The predicted molar refractivity (Wildman–Crippen MR) is 56.3 cm³/mol. The summed E-state index contributed by atoms with van der Waals surface area (Å²) in [6.45, 7) is 1.52. The largest absolute Gasteiger partial charge is 0.363 e. The summed E-state index contributed by atoms with van der Waals surface area (Å²) in [5.41, 5.74) is 5.21. The quantitative estimate of drug-likeness (QED) is 0.412. The fourth-order valence-corrected chi connectivity index (χ4v) is 1.54. The van der Waals surface area contributed by atoms with Crippen molar-refractivity contribution in [3.05, 3.63) is 0 Å². The second-order valence-electron chi connectivity index (χ2n) is 2.43. The number of alkyl halides is 1. The molecule has 2 N–H and O–H groups in total. The molecule has 0 rings (SSSR count). The summed E-state index contributed by atoms with van der Waals surface area (Å²) in [5.74, 6) is -0.304. The number of ether oxygens (including phenoxy) is 1. The van der Waals surface area contributed by atoms with Gasteiger partial charge in [-0.15, -0.1) is 12.4 Å². The van der Waals surface area contributed by atoms with E-state index >= 15 is 0 Å². The monoisotopic (exact) mass is 265 g/mol. The van der Waals surface area contributed by atoms with E-state index < -0.39 is 20.8 Å². The van der Waals surface area contributed by atoms with Crippen molar-refractivity contribution >= 4 is 40.1 Å². The molecule has 0 aromatic rings. The first kappa shape index (κ1) is 16.5. The van der Waals surface area contributed by atoms with Gasteiger partial charge in [0.05, 0.1) is 12.4 Å². The number of carbonyl (C=O) groups is 1. The number of aldehydes is 1. The minimum atomic E-state index is -3.59. The zero-order valence-electron chi connectivity index (χ0n) is 7.55. The number of sulfone groups is 1. The maximum Gasteiger partial charge on any atom is 0.190 e. The van der Waals surface area contributed by atoms with Crippen LogP contribution in [0.2, 0.25) is 0 Å². The molecule has 14 heavy (non-hydrogen) atoms. The second kappa shape index (κ2) is 7.42. The van der Waals surface area contributed by atoms with Crippen molar-refractivity contribution in [2.75, 3.05) is 12.4 Å². The minimum absolute atomic E-state index is 0. The first-order chi connectivity index (χ1) is 5.90. The molecule has 0 saturated carbocycles. The van der Waals surface area contributed by atoms with E-state index in [4.69, 9.17) is 22.1 Å². The van der Waals surface area contributed by atoms with E-state index in [-0.39, 0.29) is 31.1 Å². The highest BCUT2D eigenvalue weighted by Gasteiger charge is 2.21. The SMILES string of the molecule is CC(N)OCCS(=O)(=O)C(Cl)C=O.Cl. The summed E-state index contributed by atoms with van der Waals surface area (Å²) in [4.78, 5) is 10.1. The third kappa shape index (κ3) is 6.56. The summed E-state index contributed by atoms with van der Waals surface area (Å²) in [7, 11) is -3.59. The summed E-state index contributed by atoms with van der Waals surface area (Å²) >= 11 is 5.23. The van der Waals surface area contributed by atoms with Crippen molar-refractivity contribution in [1.82, 2.24) is 0 Å². The first-order valence-electron chi connectivity index (χ1n) is 3.58. The Kier molecular flexibility index (Phi) is 8.77. The lowest BCUT2D eigenvalue weighted by atomic mass is 10.7. The zero-order valence-corrected chi connectivity index (χ0v) is 9.94. The van der Waals surface area contributed by atoms with Crippen LogP contribution in [0.25, 0.3) is 0 Å². The van der Waals surface area contributed by atoms with Crippen LogP contribution < -0.4 is 5.73 Å². The van der Waals surface area contributed by atoms with Crippen LogP contribution >= 0.6 is 24.0 Å². The van der Waals surface area contributed by atoms with Crippen molar-refractivity contribution in [2.45, 2.75) is 17.9 Å². The normalized spacial score (nSPS) is 15.4. The van der Waals surface area contributed by atoms with Crippen LogP contribution in [0.4, 0.5) is 0 Å². The average Bonchev–Trinajstić information content (AvgIpc) is 2.01. The molecular weight excluding hydrogens is 253 g/mol. The van der Waals surface area contributed by atoms with E-state index in [1.165, 1.54) is 0 Å². The van der Waals surface area contributed by atoms with Gasteiger partial charge in [0.1, 0.15) is 6.23 Å². The molecule has 0 fully saturated rings. The van der Waals surface area contributed by atoms with E-state index in [2.05, 4.69) is 0 Å². The van der Waals surface area contributed by atoms with Gasteiger partial charge >= 0.3 is 0 Å². The van der Waals surface area contributed by atoms with Gasteiger partial charge in [-0.25, -0.2) is 8.42 Å². The third-order valence-corrected chi connectivity index (χ3v) is 3.65. The highest BCUT2D eigenvalue weighted by atomic mass is 35.5. The number of hydrogen-bond donors (Lipinski definition) is 1. The number of halogens is 2. The van der Waals surface area contributed by atoms with Gasteiger partial charge in [-0.2, -0.15) is 0 Å². The van der Waals surface area contributed by atoms with Crippen LogP contribution in [-0.4, -0.2) is 38.0 Å². The van der Waals surface area contributed by atoms with Gasteiger partial charge in [0.25, 0.3) is 0 Å². The molecule has 8 heteroatoms. The van der Waals surface area contributed by atoms with Gasteiger partial charge in [0.15, 0.2) is 20.8 Å². The number of hydrogen-bond acceptors (Lipinski definition) is 5. The van der Waals surface area contributed by atoms with Gasteiger partial charge in [0, 0.05) is 0 Å². The molecule has 0 spiro atoms. The maximum atomic E-state index is 11.1.